The summed E-state index contributed by atoms with van der Waals surface area (Å²) in [6.45, 7) is 8.28. The molecule has 1 aliphatic rings. The first-order valence-electron chi connectivity index (χ1n) is 7.01. The van der Waals surface area contributed by atoms with Gasteiger partial charge in [0, 0.05) is 19.6 Å². The molecule has 1 aliphatic heterocycles. The fourth-order valence-corrected chi connectivity index (χ4v) is 2.16. The van der Waals surface area contributed by atoms with Crippen LogP contribution < -0.4 is 10.2 Å². The summed E-state index contributed by atoms with van der Waals surface area (Å²) in [5.74, 6) is 2.09. The minimum absolute atomic E-state index is 0.551. The van der Waals surface area contributed by atoms with Gasteiger partial charge in [-0.2, -0.15) is 9.97 Å². The number of hydrogen-bond donors (Lipinski definition) is 2. The molecule has 7 nitrogen and oxygen atoms in total. The quantitative estimate of drug-likeness (QED) is 0.875. The molecule has 20 heavy (non-hydrogen) atoms. The number of nitrogens with one attached hydrogen (secondary N) is 2. The summed E-state index contributed by atoms with van der Waals surface area (Å²) < 4.78 is 5.37. The Labute approximate surface area is 117 Å². The smallest absolute Gasteiger partial charge is 0.229 e. The van der Waals surface area contributed by atoms with Crippen molar-refractivity contribution < 1.29 is 4.74 Å². The number of rotatable bonds is 4. The van der Waals surface area contributed by atoms with Crippen molar-refractivity contribution in [2.24, 2.45) is 5.92 Å². The Morgan fingerprint density at radius 3 is 2.90 bits per heavy atom. The predicted molar refractivity (Wildman–Crippen MR) is 78.0 cm³/mol. The van der Waals surface area contributed by atoms with Crippen molar-refractivity contribution in [1.29, 1.82) is 0 Å². The Bertz CT molecular complexity index is 575. The molecule has 0 unspecified atom stereocenters. The molecular formula is C13H20N6O. The van der Waals surface area contributed by atoms with Crippen LogP contribution in [0.4, 0.5) is 11.8 Å². The molecule has 7 heteroatoms. The monoisotopic (exact) mass is 276 g/mol. The fraction of sp³-hybridized carbons (Fsp3) is 0.615. The van der Waals surface area contributed by atoms with Crippen molar-refractivity contribution in [3.63, 3.8) is 0 Å². The lowest BCUT2D eigenvalue weighted by Crippen LogP contribution is -2.37. The zero-order valence-corrected chi connectivity index (χ0v) is 11.9. The highest BCUT2D eigenvalue weighted by Crippen LogP contribution is 2.21. The standard InChI is InChI=1S/C13H20N6O/c1-9(2)7-14-11-10-12(16-8-15-10)18-13(17-11)19-3-5-20-6-4-19/h8-9H,3-7H2,1-2H3,(H2,14,15,16,17,18). The zero-order chi connectivity index (χ0) is 13.9. The molecule has 108 valence electrons. The minimum atomic E-state index is 0.551. The van der Waals surface area contributed by atoms with Crippen LogP contribution in [0.5, 0.6) is 0 Å². The van der Waals surface area contributed by atoms with E-state index in [1.54, 1.807) is 6.33 Å². The van der Waals surface area contributed by atoms with Crippen LogP contribution in [0, 0.1) is 5.92 Å². The lowest BCUT2D eigenvalue weighted by atomic mass is 10.2. The Hall–Kier alpha value is -1.89. The second-order valence-corrected chi connectivity index (χ2v) is 5.35. The normalized spacial score (nSPS) is 16.1. The van der Waals surface area contributed by atoms with E-state index in [-0.39, 0.29) is 0 Å². The molecule has 2 aromatic heterocycles. The summed E-state index contributed by atoms with van der Waals surface area (Å²) in [5, 5.41) is 3.37. The second kappa shape index (κ2) is 5.62. The number of aromatic nitrogens is 4. The van der Waals surface area contributed by atoms with Crippen LogP contribution in [0.15, 0.2) is 6.33 Å². The Morgan fingerprint density at radius 1 is 1.35 bits per heavy atom. The highest BCUT2D eigenvalue weighted by atomic mass is 16.5. The topological polar surface area (TPSA) is 79.0 Å². The van der Waals surface area contributed by atoms with Crippen LogP contribution in [0.2, 0.25) is 0 Å². The van der Waals surface area contributed by atoms with Crippen molar-refractivity contribution in [3.05, 3.63) is 6.33 Å². The lowest BCUT2D eigenvalue weighted by Gasteiger charge is -2.27. The predicted octanol–water partition coefficient (Wildman–Crippen LogP) is 1.26. The van der Waals surface area contributed by atoms with E-state index in [9.17, 15) is 0 Å². The number of nitrogens with zero attached hydrogens (tertiary/aromatic N) is 4. The van der Waals surface area contributed by atoms with E-state index < -0.39 is 0 Å². The van der Waals surface area contributed by atoms with Gasteiger partial charge in [-0.05, 0) is 5.92 Å². The second-order valence-electron chi connectivity index (χ2n) is 5.35. The zero-order valence-electron chi connectivity index (χ0n) is 11.9. The molecule has 0 radical (unpaired) electrons. The summed E-state index contributed by atoms with van der Waals surface area (Å²) >= 11 is 0. The van der Waals surface area contributed by atoms with E-state index in [2.05, 4.69) is 44.0 Å². The average Bonchev–Trinajstić information content (AvgIpc) is 2.94. The van der Waals surface area contributed by atoms with Crippen molar-refractivity contribution in [3.8, 4) is 0 Å². The SMILES string of the molecule is CC(C)CNc1nc(N2CCOCC2)nc2nc[nH]c12. The number of hydrogen-bond acceptors (Lipinski definition) is 6. The third-order valence-corrected chi connectivity index (χ3v) is 3.25. The van der Waals surface area contributed by atoms with Gasteiger partial charge in [-0.3, -0.25) is 0 Å². The first-order valence-corrected chi connectivity index (χ1v) is 7.01. The summed E-state index contributed by atoms with van der Waals surface area (Å²) in [7, 11) is 0. The van der Waals surface area contributed by atoms with Crippen LogP contribution in [0.1, 0.15) is 13.8 Å². The van der Waals surface area contributed by atoms with Crippen LogP contribution in [-0.2, 0) is 4.74 Å². The van der Waals surface area contributed by atoms with Gasteiger partial charge in [-0.15, -0.1) is 0 Å². The summed E-state index contributed by atoms with van der Waals surface area (Å²) in [4.78, 5) is 18.7. The number of fused-ring (bicyclic) bond motifs is 1. The van der Waals surface area contributed by atoms with Gasteiger partial charge in [0.25, 0.3) is 0 Å². The van der Waals surface area contributed by atoms with Crippen LogP contribution in [0.25, 0.3) is 11.2 Å². The maximum Gasteiger partial charge on any atom is 0.229 e. The number of aromatic amines is 1. The Balaban J connectivity index is 1.92. The number of imidazole rings is 1. The van der Waals surface area contributed by atoms with E-state index in [4.69, 9.17) is 4.74 Å². The lowest BCUT2D eigenvalue weighted by molar-refractivity contribution is 0.122. The molecule has 0 aromatic carbocycles. The van der Waals surface area contributed by atoms with Crippen LogP contribution in [-0.4, -0.2) is 52.8 Å². The molecule has 0 atom stereocenters. The summed E-state index contributed by atoms with van der Waals surface area (Å²) in [6.07, 6.45) is 1.66. The molecule has 0 spiro atoms. The van der Waals surface area contributed by atoms with Gasteiger partial charge < -0.3 is 19.9 Å². The third-order valence-electron chi connectivity index (χ3n) is 3.25. The molecule has 2 N–H and O–H groups in total. The van der Waals surface area contributed by atoms with E-state index in [1.807, 2.05) is 0 Å². The number of morpholine rings is 1. The molecule has 0 amide bonds. The van der Waals surface area contributed by atoms with Crippen LogP contribution in [0.3, 0.4) is 0 Å². The van der Waals surface area contributed by atoms with Crippen molar-refractivity contribution in [1.82, 2.24) is 19.9 Å². The maximum atomic E-state index is 5.37. The van der Waals surface area contributed by atoms with Gasteiger partial charge in [0.2, 0.25) is 5.95 Å². The number of H-pyrrole nitrogens is 1. The van der Waals surface area contributed by atoms with Gasteiger partial charge in [0.05, 0.1) is 19.5 Å². The van der Waals surface area contributed by atoms with Gasteiger partial charge in [0.15, 0.2) is 11.5 Å². The maximum absolute atomic E-state index is 5.37. The molecule has 0 saturated carbocycles. The molecule has 3 heterocycles. The molecule has 3 rings (SSSR count). The molecule has 0 aliphatic carbocycles. The van der Waals surface area contributed by atoms with E-state index in [0.29, 0.717) is 11.6 Å². The highest BCUT2D eigenvalue weighted by molar-refractivity contribution is 5.83. The largest absolute Gasteiger partial charge is 0.378 e. The first-order chi connectivity index (χ1) is 9.74. The fourth-order valence-electron chi connectivity index (χ4n) is 2.16. The molecule has 1 saturated heterocycles. The van der Waals surface area contributed by atoms with Crippen molar-refractivity contribution in [2.75, 3.05) is 43.1 Å². The molecule has 0 bridgehead atoms. The van der Waals surface area contributed by atoms with E-state index in [1.165, 1.54) is 0 Å². The first kappa shape index (κ1) is 13.1. The van der Waals surface area contributed by atoms with Gasteiger partial charge in [-0.25, -0.2) is 4.98 Å². The van der Waals surface area contributed by atoms with Gasteiger partial charge in [-0.1, -0.05) is 13.8 Å². The highest BCUT2D eigenvalue weighted by Gasteiger charge is 2.17. The van der Waals surface area contributed by atoms with Crippen molar-refractivity contribution in [2.45, 2.75) is 13.8 Å². The van der Waals surface area contributed by atoms with E-state index in [0.717, 1.165) is 50.1 Å². The van der Waals surface area contributed by atoms with Crippen molar-refractivity contribution >= 4 is 22.9 Å². The minimum Gasteiger partial charge on any atom is -0.378 e. The van der Waals surface area contributed by atoms with Gasteiger partial charge in [0.1, 0.15) is 5.52 Å². The molecule has 2 aromatic rings. The van der Waals surface area contributed by atoms with E-state index >= 15 is 0 Å². The Kier molecular flexibility index (Phi) is 3.68. The summed E-state index contributed by atoms with van der Waals surface area (Å²) in [5.41, 5.74) is 1.57. The number of anilines is 2. The van der Waals surface area contributed by atoms with Gasteiger partial charge >= 0.3 is 0 Å². The number of ether oxygens (including phenoxy) is 1. The molecule has 1 fully saturated rings. The van der Waals surface area contributed by atoms with Crippen LogP contribution >= 0.6 is 0 Å². The average molecular weight is 276 g/mol. The Morgan fingerprint density at radius 2 is 2.15 bits per heavy atom. The third kappa shape index (κ3) is 2.67. The summed E-state index contributed by atoms with van der Waals surface area (Å²) in [6, 6.07) is 0. The molecular weight excluding hydrogens is 256 g/mol.